The largest absolute Gasteiger partial charge is 0.480 e. The average Bonchev–Trinajstić information content (AvgIpc) is 3.37. The third-order valence-electron chi connectivity index (χ3n) is 15.3. The van der Waals surface area contributed by atoms with Gasteiger partial charge in [-0.15, -0.1) is 0 Å². The predicted octanol–water partition coefficient (Wildman–Crippen LogP) is 5.84. The summed E-state index contributed by atoms with van der Waals surface area (Å²) in [6.07, 6.45) is 16.0. The first-order valence-electron chi connectivity index (χ1n) is 26.2. The summed E-state index contributed by atoms with van der Waals surface area (Å²) in [7, 11) is 4.53. The van der Waals surface area contributed by atoms with Crippen LogP contribution in [0, 0.1) is 40.9 Å². The molecule has 3 aliphatic rings. The van der Waals surface area contributed by atoms with Gasteiger partial charge in [0.2, 0.25) is 5.79 Å². The van der Waals surface area contributed by atoms with Gasteiger partial charge < -0.3 is 59.2 Å². The van der Waals surface area contributed by atoms with Crippen molar-refractivity contribution in [3.8, 4) is 0 Å². The number of carbonyl (C=O) groups excluding carboxylic acids is 4. The van der Waals surface area contributed by atoms with E-state index >= 15 is 0 Å². The average molecular weight is 1030 g/mol. The summed E-state index contributed by atoms with van der Waals surface area (Å²) in [6.45, 7) is 13.5. The van der Waals surface area contributed by atoms with Crippen molar-refractivity contribution in [1.29, 1.82) is 0 Å². The van der Waals surface area contributed by atoms with Crippen LogP contribution in [0.25, 0.3) is 0 Å². The minimum Gasteiger partial charge on any atom is -0.480 e. The molecule has 3 rings (SSSR count). The van der Waals surface area contributed by atoms with Crippen LogP contribution < -0.4 is 0 Å². The van der Waals surface area contributed by atoms with Crippen molar-refractivity contribution in [3.05, 3.63) is 59.8 Å². The van der Waals surface area contributed by atoms with Crippen molar-refractivity contribution in [1.82, 2.24) is 4.90 Å². The molecule has 0 spiro atoms. The lowest BCUT2D eigenvalue weighted by Crippen LogP contribution is -2.60. The van der Waals surface area contributed by atoms with Gasteiger partial charge in [-0.2, -0.15) is 0 Å². The zero-order chi connectivity index (χ0) is 54.8. The second-order valence-electron chi connectivity index (χ2n) is 21.5. The number of aliphatic hydroxyl groups excluding tert-OH is 4. The van der Waals surface area contributed by atoms with Crippen LogP contribution in [0.15, 0.2) is 59.8 Å². The van der Waals surface area contributed by atoms with Crippen LogP contribution in [0.3, 0.4) is 0 Å². The van der Waals surface area contributed by atoms with Gasteiger partial charge in [-0.1, -0.05) is 83.2 Å². The molecule has 0 aromatic rings. The number of methoxy groups -OCH3 is 3. The first kappa shape index (κ1) is 63.4. The van der Waals surface area contributed by atoms with Crippen LogP contribution in [-0.4, -0.2) is 161 Å². The molecule has 17 nitrogen and oxygen atoms in total. The molecule has 2 saturated heterocycles. The Morgan fingerprint density at radius 1 is 0.822 bits per heavy atom. The zero-order valence-electron chi connectivity index (χ0n) is 45.3. The highest BCUT2D eigenvalue weighted by Gasteiger charge is 2.53. The third-order valence-corrected chi connectivity index (χ3v) is 15.3. The van der Waals surface area contributed by atoms with Crippen LogP contribution in [0.2, 0.25) is 0 Å². The molecule has 15 atom stereocenters. The van der Waals surface area contributed by atoms with E-state index in [0.29, 0.717) is 62.9 Å². The molecule has 414 valence electrons. The smallest absolute Gasteiger partial charge is 0.326 e. The van der Waals surface area contributed by atoms with Gasteiger partial charge in [0.25, 0.3) is 11.7 Å². The van der Waals surface area contributed by atoms with Crippen LogP contribution in [-0.2, 0) is 47.7 Å². The maximum atomic E-state index is 13.6. The van der Waals surface area contributed by atoms with Gasteiger partial charge in [0.15, 0.2) is 5.78 Å². The lowest BCUT2D eigenvalue weighted by molar-refractivity contribution is -0.265. The van der Waals surface area contributed by atoms with Crippen LogP contribution in [0.5, 0.6) is 0 Å². The summed E-state index contributed by atoms with van der Waals surface area (Å²) < 4.78 is 28.6. The van der Waals surface area contributed by atoms with E-state index in [1.165, 1.54) is 14.0 Å². The number of ketones is 2. The van der Waals surface area contributed by atoms with E-state index in [1.807, 2.05) is 64.2 Å². The van der Waals surface area contributed by atoms with E-state index < -0.39 is 103 Å². The highest BCUT2D eigenvalue weighted by Crippen LogP contribution is 2.37. The van der Waals surface area contributed by atoms with Crippen LogP contribution in [0.4, 0.5) is 0 Å². The number of carbonyl (C=O) groups is 5. The second-order valence-corrected chi connectivity index (χ2v) is 21.5. The van der Waals surface area contributed by atoms with Crippen molar-refractivity contribution in [3.63, 3.8) is 0 Å². The van der Waals surface area contributed by atoms with E-state index in [4.69, 9.17) is 23.7 Å². The number of carboxylic acid groups (broad SMARTS) is 1. The lowest BCUT2D eigenvalue weighted by Gasteiger charge is -2.42. The van der Waals surface area contributed by atoms with Gasteiger partial charge in [-0.3, -0.25) is 19.2 Å². The molecule has 3 fully saturated rings. The summed E-state index contributed by atoms with van der Waals surface area (Å²) in [4.78, 5) is 65.9. The highest BCUT2D eigenvalue weighted by molar-refractivity contribution is 6.39. The molecule has 0 aromatic heterocycles. The highest BCUT2D eigenvalue weighted by atomic mass is 16.6. The van der Waals surface area contributed by atoms with Crippen molar-refractivity contribution in [2.24, 2.45) is 40.9 Å². The normalized spacial score (nSPS) is 28.1. The molecule has 6 N–H and O–H groups in total. The number of ether oxygens (including phenoxy) is 5. The molecule has 0 aromatic carbocycles. The Kier molecular flexibility index (Phi) is 26.0. The van der Waals surface area contributed by atoms with Crippen molar-refractivity contribution >= 4 is 29.4 Å². The number of nitrogens with zero attached hydrogens (tertiary/aromatic N) is 1. The van der Waals surface area contributed by atoms with E-state index in [0.717, 1.165) is 23.3 Å². The van der Waals surface area contributed by atoms with Crippen molar-refractivity contribution in [2.45, 2.75) is 181 Å². The fourth-order valence-electron chi connectivity index (χ4n) is 10.2. The first-order chi connectivity index (χ1) is 34.4. The van der Waals surface area contributed by atoms with E-state index in [1.54, 1.807) is 40.2 Å². The molecular formula is C56H89NO16. The van der Waals surface area contributed by atoms with Gasteiger partial charge in [-0.05, 0) is 114 Å². The number of likely N-dealkylation sites (tertiary alicyclic amines) is 1. The molecule has 0 radical (unpaired) electrons. The maximum absolute atomic E-state index is 13.6. The molecule has 2 aliphatic heterocycles. The fraction of sp³-hybridized carbons (Fsp3) is 0.732. The number of piperidine rings is 1. The standard InChI is InChI=1S/C56H89NO16/c1-34(17-13-12-14-18-36(3)46(69-9)31-42-23-21-40(7)56(68,73-42)51(63)52(64)57-26-16-15-19-43(57)53(65)66)27-38(5)48(61)50(71-11)49(62)39(6)29-37(4)44(60)24-20-35(2)28-41-22-25-45(47(30-41)70-10)72-54(67)55(8,32-58)33-59/h12-14,17-18,20,24,29,34-35,37-38,40-47,49-50,58-60,62,68H,15-16,19,21-23,25-28,30-33H2,1-11H3,(H,65,66)/b14-12+,17-13+,24-20+,36-18+,39-29+/t34-,35+,37-,38-,40-,41+,42+,43+,44?,45-,46+,47-,49-,50+,56-/m1/s1. The molecule has 1 amide bonds. The molecule has 1 unspecified atom stereocenters. The Morgan fingerprint density at radius 3 is 2.12 bits per heavy atom. The Bertz CT molecular complexity index is 1960. The maximum Gasteiger partial charge on any atom is 0.326 e. The number of allylic oxidation sites excluding steroid dienone is 6. The number of Topliss-reactive ketones (excluding diaryl/α,β-unsaturated/α-hetero) is 2. The minimum absolute atomic E-state index is 0.00266. The molecule has 1 aliphatic carbocycles. The van der Waals surface area contributed by atoms with Gasteiger partial charge in [0.05, 0.1) is 37.6 Å². The van der Waals surface area contributed by atoms with Gasteiger partial charge in [0.1, 0.15) is 29.8 Å². The predicted molar refractivity (Wildman–Crippen MR) is 275 cm³/mol. The Morgan fingerprint density at radius 2 is 1.51 bits per heavy atom. The Labute approximate surface area is 433 Å². The molecule has 73 heavy (non-hydrogen) atoms. The SMILES string of the molecule is CO[C@@H](C[C@@H]1CC[C@@H](C)[C@](O)(C(=O)C(=O)N2CCCC[C@H]2C(=O)O)O1)/C(C)=C/C=C/C=C/[C@@H](C)C[C@@H](C)C(=O)[C@H](OC)[C@H](O)/C(C)=C/[C@@H](C)C(O)/C=C/[C@H](C)C[C@@H]1CC[C@@H](OC(=O)C(C)(CO)CO)[C@H](OC)C1. The van der Waals surface area contributed by atoms with E-state index in [-0.39, 0.29) is 42.6 Å². The number of esters is 1. The number of hydrogen-bond donors (Lipinski definition) is 6. The number of carboxylic acids is 1. The van der Waals surface area contributed by atoms with Crippen molar-refractivity contribution < 1.29 is 78.3 Å². The van der Waals surface area contributed by atoms with Crippen molar-refractivity contribution in [2.75, 3.05) is 41.1 Å². The van der Waals surface area contributed by atoms with E-state index in [2.05, 4.69) is 6.92 Å². The molecule has 17 heteroatoms. The van der Waals surface area contributed by atoms with Gasteiger partial charge in [0, 0.05) is 52.0 Å². The second kappa shape index (κ2) is 30.0. The first-order valence-corrected chi connectivity index (χ1v) is 26.2. The van der Waals surface area contributed by atoms with Gasteiger partial charge in [-0.25, -0.2) is 4.79 Å². The molecule has 2 heterocycles. The summed E-state index contributed by atoms with van der Waals surface area (Å²) in [5.74, 6) is -7.73. The number of aliphatic carboxylic acids is 1. The Hall–Kier alpha value is -3.91. The quantitative estimate of drug-likeness (QED) is 0.0233. The fourth-order valence-corrected chi connectivity index (χ4v) is 10.2. The summed E-state index contributed by atoms with van der Waals surface area (Å²) >= 11 is 0. The monoisotopic (exact) mass is 1030 g/mol. The molecule has 1 saturated carbocycles. The topological polar surface area (TPSA) is 256 Å². The van der Waals surface area contributed by atoms with Crippen LogP contribution in [0.1, 0.15) is 126 Å². The van der Waals surface area contributed by atoms with E-state index in [9.17, 15) is 54.6 Å². The summed E-state index contributed by atoms with van der Waals surface area (Å²) in [6, 6.07) is -1.12. The Balaban J connectivity index is 1.50. The zero-order valence-corrected chi connectivity index (χ0v) is 45.3. The minimum atomic E-state index is -2.39. The third kappa shape index (κ3) is 17.8. The summed E-state index contributed by atoms with van der Waals surface area (Å²) in [5, 5.41) is 62.7. The number of amides is 1. The number of rotatable bonds is 28. The number of hydrogen-bond acceptors (Lipinski definition) is 15. The van der Waals surface area contributed by atoms with Crippen LogP contribution >= 0.6 is 0 Å². The molecular weight excluding hydrogens is 943 g/mol. The van der Waals surface area contributed by atoms with Gasteiger partial charge >= 0.3 is 11.9 Å². The molecule has 0 bridgehead atoms. The summed E-state index contributed by atoms with van der Waals surface area (Å²) in [5.41, 5.74) is -0.0151. The lowest BCUT2D eigenvalue weighted by atomic mass is 9.80. The number of aliphatic hydroxyl groups is 5.